The highest BCUT2D eigenvalue weighted by atomic mass is 35.5. The van der Waals surface area contributed by atoms with E-state index >= 15 is 0 Å². The lowest BCUT2D eigenvalue weighted by atomic mass is 9.39. The van der Waals surface area contributed by atoms with Crippen LogP contribution >= 0.6 is 23.2 Å². The molecule has 3 aromatic rings. The summed E-state index contributed by atoms with van der Waals surface area (Å²) in [6.07, 6.45) is 3.72. The maximum absolute atomic E-state index is 12.7. The molecule has 2 heterocycles. The third-order valence-corrected chi connectivity index (χ3v) is 7.53. The third-order valence-electron chi connectivity index (χ3n) is 7.05. The molecule has 0 saturated heterocycles. The normalized spacial score (nSPS) is 29.3. The Labute approximate surface area is 200 Å². The van der Waals surface area contributed by atoms with E-state index in [1.54, 1.807) is 24.4 Å². The highest BCUT2D eigenvalue weighted by Crippen LogP contribution is 2.67. The maximum Gasteiger partial charge on any atom is 0.224 e. The van der Waals surface area contributed by atoms with E-state index in [0.717, 1.165) is 36.5 Å². The zero-order chi connectivity index (χ0) is 22.8. The molecule has 0 radical (unpaired) electrons. The smallest absolute Gasteiger partial charge is 0.224 e. The minimum atomic E-state index is -0.691. The van der Waals surface area contributed by atoms with Crippen molar-refractivity contribution >= 4 is 29.1 Å². The van der Waals surface area contributed by atoms with Gasteiger partial charge in [-0.3, -0.25) is 4.79 Å². The zero-order valence-electron chi connectivity index (χ0n) is 17.7. The molecule has 7 rings (SSSR count). The molecule has 6 nitrogen and oxygen atoms in total. The molecule has 170 valence electrons. The summed E-state index contributed by atoms with van der Waals surface area (Å²) in [6.45, 7) is 0. The number of fused-ring (bicyclic) bond motifs is 1. The van der Waals surface area contributed by atoms with Crippen LogP contribution in [0, 0.1) is 0 Å². The minimum absolute atomic E-state index is 0.0628. The fourth-order valence-corrected chi connectivity index (χ4v) is 5.89. The lowest BCUT2D eigenvalue weighted by Crippen LogP contribution is -2.76. The standard InChI is InChI=1S/C25H22Cl2N2O4/c26-15-3-1-14(2-4-15)21-10-28-23(33-21)24-11-25(12-24,13-24)29-22(31)9-17-8-19(30)18-7-16(27)5-6-20(18)32-17/h1-7,10,17,19,30H,8-9,11-13H2,(H,29,31)/t17-,19-,24?,25?/m1/s1. The molecular weight excluding hydrogens is 463 g/mol. The Bertz CT molecular complexity index is 1220. The van der Waals surface area contributed by atoms with Crippen LogP contribution in [0.25, 0.3) is 11.3 Å². The number of aliphatic hydroxyl groups is 1. The number of aliphatic hydroxyl groups excluding tert-OH is 1. The number of oxazole rings is 1. The molecule has 33 heavy (non-hydrogen) atoms. The van der Waals surface area contributed by atoms with Gasteiger partial charge in [-0.15, -0.1) is 0 Å². The number of benzene rings is 2. The van der Waals surface area contributed by atoms with E-state index in [2.05, 4.69) is 10.3 Å². The maximum atomic E-state index is 12.7. The Balaban J connectivity index is 1.05. The van der Waals surface area contributed by atoms with Gasteiger partial charge in [0.15, 0.2) is 5.76 Å². The van der Waals surface area contributed by atoms with Gasteiger partial charge >= 0.3 is 0 Å². The van der Waals surface area contributed by atoms with E-state index in [4.69, 9.17) is 32.4 Å². The fraction of sp³-hybridized carbons (Fsp3) is 0.360. The summed E-state index contributed by atoms with van der Waals surface area (Å²) in [7, 11) is 0. The Morgan fingerprint density at radius 1 is 1.12 bits per heavy atom. The lowest BCUT2D eigenvalue weighted by molar-refractivity contribution is -0.143. The molecule has 2 N–H and O–H groups in total. The molecule has 2 aromatic carbocycles. The van der Waals surface area contributed by atoms with Crippen LogP contribution in [0.3, 0.4) is 0 Å². The van der Waals surface area contributed by atoms with E-state index < -0.39 is 6.10 Å². The fourth-order valence-electron chi connectivity index (χ4n) is 5.58. The molecule has 2 bridgehead atoms. The first-order chi connectivity index (χ1) is 15.8. The van der Waals surface area contributed by atoms with E-state index in [9.17, 15) is 9.90 Å². The number of aromatic nitrogens is 1. The van der Waals surface area contributed by atoms with Crippen LogP contribution < -0.4 is 10.1 Å². The van der Waals surface area contributed by atoms with Gasteiger partial charge in [-0.25, -0.2) is 4.98 Å². The number of amides is 1. The van der Waals surface area contributed by atoms with Crippen molar-refractivity contribution in [3.63, 3.8) is 0 Å². The molecule has 0 spiro atoms. The summed E-state index contributed by atoms with van der Waals surface area (Å²) in [5, 5.41) is 14.8. The van der Waals surface area contributed by atoms with Crippen molar-refractivity contribution in [3.8, 4) is 17.1 Å². The van der Waals surface area contributed by atoms with Crippen molar-refractivity contribution in [3.05, 3.63) is 70.2 Å². The number of hydrogen-bond acceptors (Lipinski definition) is 5. The summed E-state index contributed by atoms with van der Waals surface area (Å²) in [6, 6.07) is 12.6. The predicted octanol–water partition coefficient (Wildman–Crippen LogP) is 5.21. The molecule has 8 heteroatoms. The highest BCUT2D eigenvalue weighted by molar-refractivity contribution is 6.31. The number of carbonyl (C=O) groups excluding carboxylic acids is 1. The molecule has 1 aliphatic heterocycles. The Kier molecular flexibility index (Phi) is 4.77. The van der Waals surface area contributed by atoms with Crippen molar-refractivity contribution < 1.29 is 19.1 Å². The number of carbonyl (C=O) groups is 1. The van der Waals surface area contributed by atoms with E-state index in [-0.39, 0.29) is 29.4 Å². The molecule has 0 unspecified atom stereocenters. The number of hydrogen-bond donors (Lipinski definition) is 2. The molecular formula is C25H22Cl2N2O4. The van der Waals surface area contributed by atoms with Crippen LogP contribution in [0.5, 0.6) is 5.75 Å². The highest BCUT2D eigenvalue weighted by Gasteiger charge is 2.71. The second-order valence-electron chi connectivity index (χ2n) is 9.55. The SMILES string of the molecule is O=C(C[C@H]1C[C@@H](O)c2cc(Cl)ccc2O1)NC12CC(c3ncc(-c4ccc(Cl)cc4)o3)(C1)C2. The van der Waals surface area contributed by atoms with Crippen molar-refractivity contribution in [1.29, 1.82) is 0 Å². The van der Waals surface area contributed by atoms with Gasteiger partial charge in [0.1, 0.15) is 11.9 Å². The molecule has 1 aromatic heterocycles. The summed E-state index contributed by atoms with van der Waals surface area (Å²) in [5.41, 5.74) is 1.33. The molecule has 4 aliphatic rings. The topological polar surface area (TPSA) is 84.6 Å². The van der Waals surface area contributed by atoms with E-state index in [0.29, 0.717) is 27.8 Å². The number of rotatable bonds is 5. The van der Waals surface area contributed by atoms with Gasteiger partial charge in [0, 0.05) is 33.1 Å². The minimum Gasteiger partial charge on any atom is -0.489 e. The average molecular weight is 485 g/mol. The first-order valence-electron chi connectivity index (χ1n) is 11.0. The van der Waals surface area contributed by atoms with Gasteiger partial charge < -0.3 is 19.6 Å². The largest absolute Gasteiger partial charge is 0.489 e. The molecule has 3 fully saturated rings. The molecule has 3 aliphatic carbocycles. The lowest BCUT2D eigenvalue weighted by Gasteiger charge is -2.68. The van der Waals surface area contributed by atoms with Crippen LogP contribution in [0.15, 0.2) is 53.1 Å². The zero-order valence-corrected chi connectivity index (χ0v) is 19.2. The van der Waals surface area contributed by atoms with Crippen LogP contribution in [0.2, 0.25) is 10.0 Å². The molecule has 3 saturated carbocycles. The van der Waals surface area contributed by atoms with Gasteiger partial charge in [0.2, 0.25) is 11.8 Å². The van der Waals surface area contributed by atoms with Crippen LogP contribution in [-0.2, 0) is 10.2 Å². The number of ether oxygens (including phenoxy) is 1. The van der Waals surface area contributed by atoms with Gasteiger partial charge in [-0.05, 0) is 61.7 Å². The summed E-state index contributed by atoms with van der Waals surface area (Å²) >= 11 is 12.0. The Hall–Kier alpha value is -2.54. The number of nitrogens with zero attached hydrogens (tertiary/aromatic N) is 1. The second kappa shape index (κ2) is 7.49. The Morgan fingerprint density at radius 2 is 1.85 bits per heavy atom. The van der Waals surface area contributed by atoms with E-state index in [1.165, 1.54) is 0 Å². The van der Waals surface area contributed by atoms with Gasteiger partial charge in [0.25, 0.3) is 0 Å². The number of halogens is 2. The van der Waals surface area contributed by atoms with Crippen LogP contribution in [-0.4, -0.2) is 27.6 Å². The first-order valence-corrected chi connectivity index (χ1v) is 11.8. The van der Waals surface area contributed by atoms with Crippen molar-refractivity contribution in [2.24, 2.45) is 0 Å². The van der Waals surface area contributed by atoms with Crippen molar-refractivity contribution in [2.45, 2.75) is 55.3 Å². The summed E-state index contributed by atoms with van der Waals surface area (Å²) < 4.78 is 12.0. The monoisotopic (exact) mass is 484 g/mol. The summed E-state index contributed by atoms with van der Waals surface area (Å²) in [4.78, 5) is 17.2. The van der Waals surface area contributed by atoms with E-state index in [1.807, 2.05) is 24.3 Å². The average Bonchev–Trinajstić information content (AvgIpc) is 3.20. The molecule has 1 amide bonds. The second-order valence-corrected chi connectivity index (χ2v) is 10.4. The quantitative estimate of drug-likeness (QED) is 0.518. The van der Waals surface area contributed by atoms with Crippen LogP contribution in [0.4, 0.5) is 0 Å². The first kappa shape index (κ1) is 21.0. The Morgan fingerprint density at radius 3 is 2.61 bits per heavy atom. The van der Waals surface area contributed by atoms with Gasteiger partial charge in [-0.1, -0.05) is 23.2 Å². The van der Waals surface area contributed by atoms with Gasteiger partial charge in [-0.2, -0.15) is 0 Å². The third kappa shape index (κ3) is 3.61. The van der Waals surface area contributed by atoms with Crippen molar-refractivity contribution in [2.75, 3.05) is 0 Å². The van der Waals surface area contributed by atoms with Crippen molar-refractivity contribution in [1.82, 2.24) is 10.3 Å². The van der Waals surface area contributed by atoms with Gasteiger partial charge in [0.05, 0.1) is 24.1 Å². The molecule has 2 atom stereocenters. The predicted molar refractivity (Wildman–Crippen MR) is 123 cm³/mol. The van der Waals surface area contributed by atoms with Crippen LogP contribution in [0.1, 0.15) is 49.7 Å². The summed E-state index contributed by atoms with van der Waals surface area (Å²) in [5.74, 6) is 1.98. The number of nitrogens with one attached hydrogen (secondary N) is 1.